The minimum Gasteiger partial charge on any atom is -0.488 e. The Morgan fingerprint density at radius 1 is 1.37 bits per heavy atom. The van der Waals surface area contributed by atoms with Crippen molar-refractivity contribution in [3.05, 3.63) is 64.6 Å². The number of nitrogens with one attached hydrogen (secondary N) is 2. The van der Waals surface area contributed by atoms with E-state index in [9.17, 15) is 9.18 Å². The molecule has 9 nitrogen and oxygen atoms in total. The summed E-state index contributed by atoms with van der Waals surface area (Å²) in [6.07, 6.45) is 6.04. The van der Waals surface area contributed by atoms with Crippen molar-refractivity contribution in [3.8, 4) is 11.7 Å². The summed E-state index contributed by atoms with van der Waals surface area (Å²) in [5, 5.41) is 9.22. The molecule has 0 aliphatic carbocycles. The zero-order chi connectivity index (χ0) is 21.5. The molecule has 2 amide bonds. The summed E-state index contributed by atoms with van der Waals surface area (Å²) in [7, 11) is 0. The lowest BCUT2D eigenvalue weighted by atomic mass is 10.3. The van der Waals surface area contributed by atoms with Gasteiger partial charge in [0.2, 0.25) is 0 Å². The Morgan fingerprint density at radius 3 is 2.87 bits per heavy atom. The van der Waals surface area contributed by atoms with Crippen molar-refractivity contribution < 1.29 is 13.9 Å². The zero-order valence-electron chi connectivity index (χ0n) is 15.6. The number of aromatic nitrogens is 5. The number of carbonyl (C=O) groups is 1. The van der Waals surface area contributed by atoms with Crippen LogP contribution in [-0.4, -0.2) is 37.4 Å². The summed E-state index contributed by atoms with van der Waals surface area (Å²) in [5.74, 6) is 0.427. The van der Waals surface area contributed by atoms with Gasteiger partial charge in [-0.2, -0.15) is 9.78 Å². The molecule has 1 unspecified atom stereocenters. The van der Waals surface area contributed by atoms with Gasteiger partial charge in [-0.1, -0.05) is 11.6 Å². The highest BCUT2D eigenvalue weighted by Crippen LogP contribution is 2.31. The molecule has 0 aliphatic heterocycles. The third kappa shape index (κ3) is 5.30. The van der Waals surface area contributed by atoms with E-state index in [1.807, 2.05) is 0 Å². The minimum absolute atomic E-state index is 0.0550. The number of anilines is 1. The average Bonchev–Trinajstić information content (AvgIpc) is 3.22. The summed E-state index contributed by atoms with van der Waals surface area (Å²) in [6, 6.07) is 3.03. The van der Waals surface area contributed by atoms with Crippen LogP contribution in [0.15, 0.2) is 53.0 Å². The molecule has 12 heteroatoms. The molecular weight excluding hydrogens is 481 g/mol. The summed E-state index contributed by atoms with van der Waals surface area (Å²) >= 11 is 8.67. The lowest BCUT2D eigenvalue weighted by Crippen LogP contribution is -2.33. The number of rotatable bonds is 7. The topological polar surface area (TPSA) is 107 Å². The van der Waals surface area contributed by atoms with Crippen molar-refractivity contribution in [3.63, 3.8) is 0 Å². The molecule has 2 aromatic heterocycles. The molecule has 156 valence electrons. The first-order valence-corrected chi connectivity index (χ1v) is 9.84. The van der Waals surface area contributed by atoms with Gasteiger partial charge < -0.3 is 15.4 Å². The lowest BCUT2D eigenvalue weighted by Gasteiger charge is -2.16. The van der Waals surface area contributed by atoms with Gasteiger partial charge in [0.15, 0.2) is 5.82 Å². The van der Waals surface area contributed by atoms with Gasteiger partial charge in [-0.25, -0.2) is 24.1 Å². The van der Waals surface area contributed by atoms with E-state index in [2.05, 4.69) is 46.6 Å². The monoisotopic (exact) mass is 495 g/mol. The molecule has 0 fully saturated rings. The highest BCUT2D eigenvalue weighted by atomic mass is 79.9. The van der Waals surface area contributed by atoms with Gasteiger partial charge in [-0.05, 0) is 41.1 Å². The Hall–Kier alpha value is -3.05. The fourth-order valence-electron chi connectivity index (χ4n) is 2.43. The molecule has 2 N–H and O–H groups in total. The van der Waals surface area contributed by atoms with E-state index in [0.717, 1.165) is 0 Å². The number of urea groups is 1. The molecule has 1 atom stereocenters. The van der Waals surface area contributed by atoms with E-state index in [4.69, 9.17) is 16.3 Å². The van der Waals surface area contributed by atoms with Crippen LogP contribution in [0.2, 0.25) is 0 Å². The summed E-state index contributed by atoms with van der Waals surface area (Å²) < 4.78 is 21.5. The van der Waals surface area contributed by atoms with Crippen LogP contribution in [0.1, 0.15) is 18.8 Å². The molecule has 0 aliphatic rings. The van der Waals surface area contributed by atoms with Gasteiger partial charge >= 0.3 is 6.03 Å². The highest BCUT2D eigenvalue weighted by molar-refractivity contribution is 9.10. The van der Waals surface area contributed by atoms with Crippen LogP contribution in [0.4, 0.5) is 14.9 Å². The Morgan fingerprint density at radius 2 is 2.13 bits per heavy atom. The molecule has 3 rings (SSSR count). The van der Waals surface area contributed by atoms with Gasteiger partial charge in [0, 0.05) is 24.0 Å². The Labute approximate surface area is 184 Å². The fraction of sp³-hybridized carbons (Fsp3) is 0.167. The third-order valence-electron chi connectivity index (χ3n) is 3.74. The van der Waals surface area contributed by atoms with Crippen molar-refractivity contribution in [1.82, 2.24) is 30.0 Å². The van der Waals surface area contributed by atoms with Gasteiger partial charge in [0.25, 0.3) is 5.95 Å². The van der Waals surface area contributed by atoms with E-state index in [1.165, 1.54) is 28.7 Å². The first kappa shape index (κ1) is 21.7. The molecular formula is C18H16BrClFN7O2. The van der Waals surface area contributed by atoms with Gasteiger partial charge in [-0.3, -0.25) is 0 Å². The quantitative estimate of drug-likeness (QED) is 0.512. The fourth-order valence-corrected chi connectivity index (χ4v) is 2.93. The van der Waals surface area contributed by atoms with Crippen molar-refractivity contribution in [2.75, 3.05) is 11.9 Å². The molecule has 1 aromatic carbocycles. The Bertz CT molecular complexity index is 1050. The van der Waals surface area contributed by atoms with E-state index in [-0.39, 0.29) is 12.3 Å². The number of carbonyl (C=O) groups excluding carboxylic acids is 1. The number of halogens is 3. The molecule has 0 radical (unpaired) electrons. The van der Waals surface area contributed by atoms with Crippen molar-refractivity contribution in [2.45, 2.75) is 13.0 Å². The van der Waals surface area contributed by atoms with E-state index in [1.54, 1.807) is 31.5 Å². The largest absolute Gasteiger partial charge is 0.488 e. The second kappa shape index (κ2) is 10.1. The summed E-state index contributed by atoms with van der Waals surface area (Å²) in [6.45, 7) is 1.89. The molecule has 0 spiro atoms. The van der Waals surface area contributed by atoms with Crippen LogP contribution in [0.25, 0.3) is 5.95 Å². The summed E-state index contributed by atoms with van der Waals surface area (Å²) in [4.78, 5) is 24.8. The van der Waals surface area contributed by atoms with Crippen molar-refractivity contribution in [2.24, 2.45) is 0 Å². The molecule has 30 heavy (non-hydrogen) atoms. The van der Waals surface area contributed by atoms with E-state index in [0.29, 0.717) is 22.0 Å². The molecule has 0 saturated carbocycles. The number of hydrogen-bond acceptors (Lipinski definition) is 6. The lowest BCUT2D eigenvalue weighted by molar-refractivity contribution is 0.248. The first-order chi connectivity index (χ1) is 14.5. The molecule has 2 heterocycles. The Balaban J connectivity index is 1.70. The highest BCUT2D eigenvalue weighted by Gasteiger charge is 2.19. The predicted octanol–water partition coefficient (Wildman–Crippen LogP) is 3.97. The maximum atomic E-state index is 14.3. The number of hydrogen-bond donors (Lipinski definition) is 2. The van der Waals surface area contributed by atoms with Crippen LogP contribution in [0.5, 0.6) is 5.75 Å². The van der Waals surface area contributed by atoms with Crippen LogP contribution in [0, 0.1) is 5.82 Å². The first-order valence-electron chi connectivity index (χ1n) is 8.61. The molecule has 0 saturated heterocycles. The van der Waals surface area contributed by atoms with Crippen LogP contribution in [-0.2, 0) is 0 Å². The van der Waals surface area contributed by atoms with Gasteiger partial charge in [-0.15, -0.1) is 0 Å². The van der Waals surface area contributed by atoms with Crippen LogP contribution < -0.4 is 15.4 Å². The smallest absolute Gasteiger partial charge is 0.319 e. The minimum atomic E-state index is -0.640. The number of benzene rings is 1. The SMILES string of the molecule is CC(NC(=O)Nc1cc(OC/C=C/Cl)c(Br)cc1F)c1ncnn1-c1ncccn1. The Kier molecular flexibility index (Phi) is 7.31. The maximum Gasteiger partial charge on any atom is 0.319 e. The second-order valence-electron chi connectivity index (χ2n) is 5.83. The number of nitrogens with zero attached hydrogens (tertiary/aromatic N) is 5. The zero-order valence-corrected chi connectivity index (χ0v) is 17.9. The van der Waals surface area contributed by atoms with E-state index < -0.39 is 17.9 Å². The van der Waals surface area contributed by atoms with Crippen molar-refractivity contribution in [1.29, 1.82) is 0 Å². The van der Waals surface area contributed by atoms with E-state index >= 15 is 0 Å². The number of amides is 2. The maximum absolute atomic E-state index is 14.3. The number of ether oxygens (including phenoxy) is 1. The van der Waals surface area contributed by atoms with Crippen LogP contribution >= 0.6 is 27.5 Å². The van der Waals surface area contributed by atoms with Crippen molar-refractivity contribution >= 4 is 39.2 Å². The second-order valence-corrected chi connectivity index (χ2v) is 6.94. The van der Waals surface area contributed by atoms with Gasteiger partial charge in [0.05, 0.1) is 16.2 Å². The normalized spacial score (nSPS) is 12.0. The molecule has 0 bridgehead atoms. The predicted molar refractivity (Wildman–Crippen MR) is 112 cm³/mol. The summed E-state index contributed by atoms with van der Waals surface area (Å²) in [5.41, 5.74) is 1.26. The standard InChI is InChI=1S/C18H16BrClFN7O2/c1-11(16-24-10-25-28(16)17-22-5-3-6-23-17)26-18(29)27-14-9-15(30-7-2-4-20)12(19)8-13(14)21/h2-6,8-11H,7H2,1H3,(H2,26,27,29)/b4-2+. The van der Waals surface area contributed by atoms with Gasteiger partial charge in [0.1, 0.15) is 24.5 Å². The molecule has 3 aromatic rings. The average molecular weight is 497 g/mol. The third-order valence-corrected chi connectivity index (χ3v) is 4.54. The van der Waals surface area contributed by atoms with Crippen LogP contribution in [0.3, 0.4) is 0 Å².